The lowest BCUT2D eigenvalue weighted by atomic mass is 9.88. The predicted molar refractivity (Wildman–Crippen MR) is 213 cm³/mol. The molecule has 2 aliphatic heterocycles. The largest absolute Gasteiger partial charge is 0.375 e. The molecule has 2 aromatic carbocycles. The van der Waals surface area contributed by atoms with Crippen LogP contribution in [0.15, 0.2) is 61.2 Å². The monoisotopic (exact) mass is 877 g/mol. The number of nitrogens with zero attached hydrogens (tertiary/aromatic N) is 7. The first-order chi connectivity index (χ1) is 30.9. The number of nitriles is 1. The number of carbonyl (C=O) groups is 2. The standard InChI is InChI=1S/C19H21ClF2N4O.C14H13ClF2N2O2.C6H9N3.ClH/c1-13-9-24-17(25-10-13)11-23-12-19(22)4-6-26(7-5-19)18(27)14-2-3-16(21)15(20)8-14;15-10-7-9(1-2-11(10)16)13(21)19-5-3-14(17,4-6-19)12(20)8-18;1-5-3-8-6(2-7)9-4-5;/h2-3,8-10,23H,4-7,11-12H2,1H3;1-2,7,12,20H,3-6H2;3-4H,2,7H2,1H3;1H/i1D3,11D2;;1D3,2D2;. The van der Waals surface area contributed by atoms with Gasteiger partial charge in [0.25, 0.3) is 11.8 Å². The van der Waals surface area contributed by atoms with E-state index in [2.05, 4.69) is 25.3 Å². The normalized spacial score (nSPS) is 19.4. The fourth-order valence-electron chi connectivity index (χ4n) is 5.46. The fraction of sp³-hybridized carbons (Fsp3) is 0.410. The molecule has 0 radical (unpaired) electrons. The second-order valence-electron chi connectivity index (χ2n) is 12.8. The lowest BCUT2D eigenvalue weighted by molar-refractivity contribution is -0.0201. The van der Waals surface area contributed by atoms with Gasteiger partial charge in [0.15, 0.2) is 11.8 Å². The summed E-state index contributed by atoms with van der Waals surface area (Å²) in [5, 5.41) is 20.1. The summed E-state index contributed by atoms with van der Waals surface area (Å²) in [6, 6.07) is 8.75. The summed E-state index contributed by atoms with van der Waals surface area (Å²) in [7, 11) is 0. The van der Waals surface area contributed by atoms with Crippen molar-refractivity contribution >= 4 is 47.4 Å². The van der Waals surface area contributed by atoms with Crippen molar-refractivity contribution in [3.05, 3.63) is 117 Å². The quantitative estimate of drug-likeness (QED) is 0.135. The molecule has 0 aliphatic carbocycles. The first-order valence-corrected chi connectivity index (χ1v) is 17.8. The Morgan fingerprint density at radius 1 is 0.879 bits per heavy atom. The number of aliphatic hydroxyl groups is 1. The van der Waals surface area contributed by atoms with Gasteiger partial charge in [0, 0.05) is 103 Å². The Kier molecular flexibility index (Phi) is 13.1. The van der Waals surface area contributed by atoms with Crippen LogP contribution in [-0.4, -0.2) is 96.8 Å². The second-order valence-corrected chi connectivity index (χ2v) is 13.6. The molecule has 1 atom stereocenters. The molecular weight excluding hydrogens is 825 g/mol. The summed E-state index contributed by atoms with van der Waals surface area (Å²) in [6.07, 6.45) is 2.14. The number of carbonyl (C=O) groups excluding carboxylic acids is 2. The highest BCUT2D eigenvalue weighted by Crippen LogP contribution is 2.31. The summed E-state index contributed by atoms with van der Waals surface area (Å²) in [6.45, 7) is -9.14. The Hall–Kier alpha value is -4.50. The third-order valence-electron chi connectivity index (χ3n) is 8.81. The molecule has 19 heteroatoms. The van der Waals surface area contributed by atoms with E-state index in [1.807, 2.05) is 0 Å². The van der Waals surface area contributed by atoms with Gasteiger partial charge in [-0.15, -0.1) is 12.4 Å². The summed E-state index contributed by atoms with van der Waals surface area (Å²) in [5.74, 6) is -2.57. The number of alkyl halides is 2. The molecule has 12 nitrogen and oxygen atoms in total. The minimum absolute atomic E-state index is 0. The minimum atomic E-state index is -2.41. The number of nitrogens with two attached hydrogens (primary N) is 1. The van der Waals surface area contributed by atoms with E-state index >= 15 is 4.39 Å². The highest BCUT2D eigenvalue weighted by atomic mass is 35.5. The molecular formula is C39H44Cl3F4N9O3. The van der Waals surface area contributed by atoms with Crippen LogP contribution in [0.1, 0.15) is 82.9 Å². The van der Waals surface area contributed by atoms with E-state index in [9.17, 15) is 27.9 Å². The summed E-state index contributed by atoms with van der Waals surface area (Å²) < 4.78 is 129. The number of aryl methyl sites for hydroxylation is 2. The van der Waals surface area contributed by atoms with Crippen LogP contribution >= 0.6 is 35.6 Å². The summed E-state index contributed by atoms with van der Waals surface area (Å²) in [5.41, 5.74) is 1.57. The zero-order valence-electron chi connectivity index (χ0n) is 40.4. The van der Waals surface area contributed by atoms with Crippen LogP contribution in [0.5, 0.6) is 0 Å². The van der Waals surface area contributed by atoms with Crippen LogP contribution in [0.4, 0.5) is 17.6 Å². The molecule has 312 valence electrons. The van der Waals surface area contributed by atoms with Gasteiger partial charge in [-0.25, -0.2) is 37.5 Å². The molecule has 2 amide bonds. The molecule has 2 aromatic heterocycles. The number of rotatable bonds is 8. The van der Waals surface area contributed by atoms with Crippen molar-refractivity contribution in [2.75, 3.05) is 32.7 Å². The number of likely N-dealkylation sites (tertiary alicyclic amines) is 2. The molecule has 4 heterocycles. The van der Waals surface area contributed by atoms with Gasteiger partial charge in [0.05, 0.1) is 34.6 Å². The van der Waals surface area contributed by atoms with E-state index in [-0.39, 0.29) is 127 Å². The maximum atomic E-state index is 15.2. The number of aliphatic hydroxyl groups excluding tert-OH is 1. The number of hydrogen-bond donors (Lipinski definition) is 3. The summed E-state index contributed by atoms with van der Waals surface area (Å²) in [4.78, 5) is 42.2. The van der Waals surface area contributed by atoms with E-state index in [0.29, 0.717) is 0 Å². The maximum Gasteiger partial charge on any atom is 0.253 e. The van der Waals surface area contributed by atoms with Gasteiger partial charge in [-0.2, -0.15) is 5.26 Å². The highest BCUT2D eigenvalue weighted by Gasteiger charge is 2.42. The molecule has 58 heavy (non-hydrogen) atoms. The third kappa shape index (κ3) is 13.5. The van der Waals surface area contributed by atoms with E-state index < -0.39 is 55.8 Å². The van der Waals surface area contributed by atoms with Crippen molar-refractivity contribution in [1.29, 1.82) is 5.26 Å². The van der Waals surface area contributed by atoms with Crippen molar-refractivity contribution < 1.29 is 46.0 Å². The molecule has 2 aliphatic rings. The number of amides is 2. The van der Waals surface area contributed by atoms with Crippen LogP contribution in [0.3, 0.4) is 0 Å². The van der Waals surface area contributed by atoms with Crippen molar-refractivity contribution in [3.8, 4) is 6.07 Å². The second kappa shape index (κ2) is 22.0. The third-order valence-corrected chi connectivity index (χ3v) is 9.39. The topological polar surface area (TPSA) is 174 Å². The van der Waals surface area contributed by atoms with Crippen molar-refractivity contribution in [2.45, 2.75) is 69.8 Å². The number of hydrogen-bond acceptors (Lipinski definition) is 10. The Balaban J connectivity index is 0.000000293. The number of piperidine rings is 2. The fourth-order valence-corrected chi connectivity index (χ4v) is 5.82. The molecule has 1 unspecified atom stereocenters. The molecule has 4 N–H and O–H groups in total. The first kappa shape index (κ1) is 34.4. The van der Waals surface area contributed by atoms with Gasteiger partial charge in [-0.05, 0) is 61.2 Å². The number of halogens is 7. The van der Waals surface area contributed by atoms with E-state index in [1.54, 1.807) is 0 Å². The van der Waals surface area contributed by atoms with Crippen LogP contribution in [0.2, 0.25) is 10.0 Å². The van der Waals surface area contributed by atoms with Crippen LogP contribution in [0.25, 0.3) is 0 Å². The zero-order valence-corrected chi connectivity index (χ0v) is 32.7. The van der Waals surface area contributed by atoms with Crippen molar-refractivity contribution in [3.63, 3.8) is 0 Å². The zero-order chi connectivity index (χ0) is 50.3. The molecule has 4 aromatic rings. The Morgan fingerprint density at radius 2 is 1.31 bits per heavy atom. The summed E-state index contributed by atoms with van der Waals surface area (Å²) >= 11 is 11.3. The van der Waals surface area contributed by atoms with Gasteiger partial charge in [-0.1, -0.05) is 23.2 Å². The highest BCUT2D eigenvalue weighted by molar-refractivity contribution is 6.31. The SMILES string of the molecule is Cl.N#CC(O)C1(F)CCN(C(=O)c2ccc(F)c(Cl)c2)CC1.[2H]C([2H])([2H])c1cnc(C([2H])([2H])N)nc1.[2H]C([2H])([2H])c1cnc(C([2H])([2H])NCC2(F)CCN(C(=O)c3ccc(F)c(Cl)c3)CC2)nc1. The van der Waals surface area contributed by atoms with E-state index in [4.69, 9.17) is 47.9 Å². The first-order valence-electron chi connectivity index (χ1n) is 22.0. The molecule has 2 saturated heterocycles. The lowest BCUT2D eigenvalue weighted by Gasteiger charge is -2.37. The van der Waals surface area contributed by atoms with Gasteiger partial charge in [0.1, 0.15) is 29.0 Å². The molecule has 0 bridgehead atoms. The van der Waals surface area contributed by atoms with Crippen LogP contribution in [-0.2, 0) is 13.0 Å². The number of benzene rings is 2. The maximum absolute atomic E-state index is 15.2. The molecule has 2 fully saturated rings. The Labute approximate surface area is 364 Å². The van der Waals surface area contributed by atoms with Crippen molar-refractivity contribution in [2.24, 2.45) is 5.73 Å². The predicted octanol–water partition coefficient (Wildman–Crippen LogP) is 6.29. The van der Waals surface area contributed by atoms with Crippen LogP contribution < -0.4 is 11.1 Å². The smallest absolute Gasteiger partial charge is 0.253 e. The van der Waals surface area contributed by atoms with E-state index in [1.165, 1.54) is 40.1 Å². The number of nitrogens with one attached hydrogen (secondary N) is 1. The minimum Gasteiger partial charge on any atom is -0.375 e. The Bertz CT molecular complexity index is 2370. The average Bonchev–Trinajstić information content (AvgIpc) is 3.27. The van der Waals surface area contributed by atoms with Gasteiger partial charge in [0.2, 0.25) is 0 Å². The molecule has 0 spiro atoms. The van der Waals surface area contributed by atoms with Crippen molar-refractivity contribution in [1.82, 2.24) is 35.1 Å². The molecule has 0 saturated carbocycles. The van der Waals surface area contributed by atoms with Gasteiger partial charge >= 0.3 is 0 Å². The van der Waals surface area contributed by atoms with Gasteiger partial charge < -0.3 is 26.0 Å². The Morgan fingerprint density at radius 3 is 1.71 bits per heavy atom. The van der Waals surface area contributed by atoms with E-state index in [0.717, 1.165) is 36.9 Å². The lowest BCUT2D eigenvalue weighted by Crippen LogP contribution is -2.49. The average molecular weight is 879 g/mol. The number of aromatic nitrogens is 4. The molecule has 6 rings (SSSR count). The van der Waals surface area contributed by atoms with Gasteiger partial charge in [-0.3, -0.25) is 9.59 Å². The van der Waals surface area contributed by atoms with Crippen LogP contribution in [0, 0.1) is 36.7 Å².